The lowest BCUT2D eigenvalue weighted by atomic mass is 10.2. The second-order valence-electron chi connectivity index (χ2n) is 4.36. The third-order valence-corrected chi connectivity index (χ3v) is 3.43. The molecular weight excluding hydrogens is 358 g/mol. The predicted molar refractivity (Wildman–Crippen MR) is 80.8 cm³/mol. The van der Waals surface area contributed by atoms with Crippen molar-refractivity contribution in [2.45, 2.75) is 13.5 Å². The summed E-state index contributed by atoms with van der Waals surface area (Å²) in [6.45, 7) is 1.73. The lowest BCUT2D eigenvalue weighted by Gasteiger charge is -2.12. The van der Waals surface area contributed by atoms with Crippen LogP contribution < -0.4 is 4.74 Å². The van der Waals surface area contributed by atoms with E-state index in [0.29, 0.717) is 0 Å². The average molecular weight is 371 g/mol. The Morgan fingerprint density at radius 1 is 1.18 bits per heavy atom. The molecule has 0 amide bonds. The summed E-state index contributed by atoms with van der Waals surface area (Å²) in [7, 11) is 0. The van der Waals surface area contributed by atoms with Crippen molar-refractivity contribution in [2.75, 3.05) is 6.61 Å². The van der Waals surface area contributed by atoms with Gasteiger partial charge in [-0.25, -0.2) is 9.18 Å². The monoisotopic (exact) mass is 370 g/mol. The predicted octanol–water partition coefficient (Wildman–Crippen LogP) is 4.48. The van der Waals surface area contributed by atoms with Crippen LogP contribution in [0.2, 0.25) is 0 Å². The Hall–Kier alpha value is -1.95. The zero-order valence-electron chi connectivity index (χ0n) is 11.7. The molecule has 0 heterocycles. The maximum Gasteiger partial charge on any atom is 0.341 e. The molecule has 0 N–H and O–H groups in total. The lowest BCUT2D eigenvalue weighted by molar-refractivity contribution is 0.0519. The van der Waals surface area contributed by atoms with Gasteiger partial charge in [0, 0.05) is 0 Å². The van der Waals surface area contributed by atoms with Gasteiger partial charge in [-0.3, -0.25) is 0 Å². The van der Waals surface area contributed by atoms with Gasteiger partial charge in [0.25, 0.3) is 0 Å². The normalized spacial score (nSPS) is 10.4. The van der Waals surface area contributed by atoms with Crippen LogP contribution in [0.4, 0.5) is 8.78 Å². The Labute approximate surface area is 135 Å². The standard InChI is InChI=1S/C16H13BrF2O3/c1-2-21-16(20)11-8-12(17)15(14(19)13(11)18)22-9-10-6-4-3-5-7-10/h3-8H,2,9H2,1H3. The topological polar surface area (TPSA) is 35.5 Å². The summed E-state index contributed by atoms with van der Waals surface area (Å²) in [4.78, 5) is 11.6. The van der Waals surface area contributed by atoms with Crippen LogP contribution in [0.5, 0.6) is 5.75 Å². The number of carbonyl (C=O) groups is 1. The molecule has 2 aromatic carbocycles. The first-order chi connectivity index (χ1) is 10.5. The van der Waals surface area contributed by atoms with E-state index in [2.05, 4.69) is 20.7 Å². The highest BCUT2D eigenvalue weighted by molar-refractivity contribution is 9.10. The summed E-state index contributed by atoms with van der Waals surface area (Å²) >= 11 is 3.09. The van der Waals surface area contributed by atoms with Crippen molar-refractivity contribution in [1.29, 1.82) is 0 Å². The molecule has 0 radical (unpaired) electrons. The number of rotatable bonds is 5. The Morgan fingerprint density at radius 2 is 1.86 bits per heavy atom. The zero-order valence-corrected chi connectivity index (χ0v) is 13.3. The lowest BCUT2D eigenvalue weighted by Crippen LogP contribution is -2.10. The van der Waals surface area contributed by atoms with Crippen LogP contribution in [0.1, 0.15) is 22.8 Å². The van der Waals surface area contributed by atoms with E-state index >= 15 is 0 Å². The molecule has 2 aromatic rings. The summed E-state index contributed by atoms with van der Waals surface area (Å²) < 4.78 is 38.2. The van der Waals surface area contributed by atoms with E-state index < -0.39 is 23.2 Å². The number of carbonyl (C=O) groups excluding carboxylic acids is 1. The molecule has 0 saturated heterocycles. The molecule has 3 nitrogen and oxygen atoms in total. The largest absolute Gasteiger partial charge is 0.485 e. The van der Waals surface area contributed by atoms with Gasteiger partial charge in [-0.2, -0.15) is 4.39 Å². The first-order valence-corrected chi connectivity index (χ1v) is 7.35. The molecular formula is C16H13BrF2O3. The molecule has 0 unspecified atom stereocenters. The van der Waals surface area contributed by atoms with E-state index in [-0.39, 0.29) is 23.4 Å². The highest BCUT2D eigenvalue weighted by Gasteiger charge is 2.23. The quantitative estimate of drug-likeness (QED) is 0.574. The van der Waals surface area contributed by atoms with Crippen LogP contribution in [-0.2, 0) is 11.3 Å². The van der Waals surface area contributed by atoms with Crippen LogP contribution >= 0.6 is 15.9 Å². The fourth-order valence-electron chi connectivity index (χ4n) is 1.80. The molecule has 0 fully saturated rings. The maximum absolute atomic E-state index is 14.1. The minimum absolute atomic E-state index is 0.0732. The Morgan fingerprint density at radius 3 is 2.50 bits per heavy atom. The van der Waals surface area contributed by atoms with Crippen LogP contribution in [-0.4, -0.2) is 12.6 Å². The highest BCUT2D eigenvalue weighted by atomic mass is 79.9. The van der Waals surface area contributed by atoms with Gasteiger partial charge in [0.2, 0.25) is 5.82 Å². The zero-order chi connectivity index (χ0) is 16.1. The minimum Gasteiger partial charge on any atom is -0.485 e. The van der Waals surface area contributed by atoms with Crippen molar-refractivity contribution in [3.8, 4) is 5.75 Å². The van der Waals surface area contributed by atoms with Gasteiger partial charge >= 0.3 is 5.97 Å². The van der Waals surface area contributed by atoms with Gasteiger partial charge in [-0.05, 0) is 34.5 Å². The number of hydrogen-bond donors (Lipinski definition) is 0. The van der Waals surface area contributed by atoms with Gasteiger partial charge in [-0.1, -0.05) is 30.3 Å². The molecule has 6 heteroatoms. The smallest absolute Gasteiger partial charge is 0.341 e. The van der Waals surface area contributed by atoms with Gasteiger partial charge < -0.3 is 9.47 Å². The number of halogens is 3. The molecule has 0 saturated carbocycles. The fourth-order valence-corrected chi connectivity index (χ4v) is 2.32. The van der Waals surface area contributed by atoms with Crippen molar-refractivity contribution >= 4 is 21.9 Å². The first-order valence-electron chi connectivity index (χ1n) is 6.56. The minimum atomic E-state index is -1.29. The van der Waals surface area contributed by atoms with Crippen LogP contribution in [0.25, 0.3) is 0 Å². The third-order valence-electron chi connectivity index (χ3n) is 2.84. The van der Waals surface area contributed by atoms with E-state index in [1.165, 1.54) is 0 Å². The van der Waals surface area contributed by atoms with Crippen LogP contribution in [0.15, 0.2) is 40.9 Å². The van der Waals surface area contributed by atoms with E-state index in [4.69, 9.17) is 4.74 Å². The molecule has 2 rings (SSSR count). The molecule has 0 bridgehead atoms. The van der Waals surface area contributed by atoms with E-state index in [1.807, 2.05) is 18.2 Å². The number of hydrogen-bond acceptors (Lipinski definition) is 3. The molecule has 0 atom stereocenters. The number of benzene rings is 2. The van der Waals surface area contributed by atoms with E-state index in [9.17, 15) is 13.6 Å². The second kappa shape index (κ2) is 7.35. The van der Waals surface area contributed by atoms with Crippen molar-refractivity contribution in [3.63, 3.8) is 0 Å². The van der Waals surface area contributed by atoms with E-state index in [1.54, 1.807) is 19.1 Å². The Bertz CT molecular complexity index is 675. The van der Waals surface area contributed by atoms with Gasteiger partial charge in [0.15, 0.2) is 11.6 Å². The summed E-state index contributed by atoms with van der Waals surface area (Å²) in [5.74, 6) is -3.72. The molecule has 0 aliphatic carbocycles. The highest BCUT2D eigenvalue weighted by Crippen LogP contribution is 2.33. The summed E-state index contributed by atoms with van der Waals surface area (Å²) in [6.07, 6.45) is 0. The SMILES string of the molecule is CCOC(=O)c1cc(Br)c(OCc2ccccc2)c(F)c1F. The van der Waals surface area contributed by atoms with Crippen molar-refractivity contribution in [1.82, 2.24) is 0 Å². The number of ether oxygens (including phenoxy) is 2. The first kappa shape index (κ1) is 16.4. The molecule has 116 valence electrons. The van der Waals surface area contributed by atoms with Crippen molar-refractivity contribution in [2.24, 2.45) is 0 Å². The summed E-state index contributed by atoms with van der Waals surface area (Å²) in [6, 6.07) is 10.2. The third kappa shape index (κ3) is 3.62. The summed E-state index contributed by atoms with van der Waals surface area (Å²) in [5, 5.41) is 0. The van der Waals surface area contributed by atoms with Gasteiger partial charge in [0.1, 0.15) is 6.61 Å². The second-order valence-corrected chi connectivity index (χ2v) is 5.21. The maximum atomic E-state index is 14.1. The average Bonchev–Trinajstić information content (AvgIpc) is 2.52. The van der Waals surface area contributed by atoms with Gasteiger partial charge in [-0.15, -0.1) is 0 Å². The van der Waals surface area contributed by atoms with Gasteiger partial charge in [0.05, 0.1) is 16.6 Å². The molecule has 0 spiro atoms. The molecule has 0 aliphatic rings. The van der Waals surface area contributed by atoms with Crippen LogP contribution in [0, 0.1) is 11.6 Å². The van der Waals surface area contributed by atoms with Crippen LogP contribution in [0.3, 0.4) is 0 Å². The van der Waals surface area contributed by atoms with E-state index in [0.717, 1.165) is 11.6 Å². The molecule has 0 aliphatic heterocycles. The van der Waals surface area contributed by atoms with Crippen molar-refractivity contribution in [3.05, 3.63) is 63.6 Å². The van der Waals surface area contributed by atoms with Crippen molar-refractivity contribution < 1.29 is 23.0 Å². The number of esters is 1. The summed E-state index contributed by atoms with van der Waals surface area (Å²) in [5.41, 5.74) is 0.335. The fraction of sp³-hybridized carbons (Fsp3) is 0.188. The Kier molecular flexibility index (Phi) is 5.49. The molecule has 0 aromatic heterocycles. The Balaban J connectivity index is 2.26. The molecule has 22 heavy (non-hydrogen) atoms.